The van der Waals surface area contributed by atoms with Crippen LogP contribution >= 0.6 is 0 Å². The Morgan fingerprint density at radius 2 is 1.69 bits per heavy atom. The van der Waals surface area contributed by atoms with Crippen molar-refractivity contribution in [3.8, 4) is 0 Å². The van der Waals surface area contributed by atoms with Gasteiger partial charge >= 0.3 is 5.97 Å². The third-order valence-corrected chi connectivity index (χ3v) is 3.86. The molecule has 0 saturated heterocycles. The molecule has 0 spiro atoms. The number of furan rings is 1. The molecule has 6 heteroatoms. The number of carbonyl (C=O) groups is 3. The van der Waals surface area contributed by atoms with Crippen LogP contribution in [-0.4, -0.2) is 24.4 Å². The Hall–Kier alpha value is -2.89. The minimum absolute atomic E-state index is 0.0252. The van der Waals surface area contributed by atoms with Crippen LogP contribution in [0.3, 0.4) is 0 Å². The van der Waals surface area contributed by atoms with Crippen molar-refractivity contribution >= 4 is 17.8 Å². The molecule has 0 aliphatic rings. The van der Waals surface area contributed by atoms with Gasteiger partial charge in [0.2, 0.25) is 0 Å². The van der Waals surface area contributed by atoms with Gasteiger partial charge in [0.15, 0.2) is 6.61 Å². The predicted molar refractivity (Wildman–Crippen MR) is 96.1 cm³/mol. The fourth-order valence-electron chi connectivity index (χ4n) is 2.40. The van der Waals surface area contributed by atoms with Crippen molar-refractivity contribution < 1.29 is 23.5 Å². The molecule has 26 heavy (non-hydrogen) atoms. The van der Waals surface area contributed by atoms with Gasteiger partial charge in [-0.15, -0.1) is 0 Å². The van der Waals surface area contributed by atoms with Crippen LogP contribution in [0, 0.1) is 13.8 Å². The van der Waals surface area contributed by atoms with E-state index in [1.54, 1.807) is 26.0 Å². The molecule has 0 saturated carbocycles. The summed E-state index contributed by atoms with van der Waals surface area (Å²) in [5.74, 6) is -0.907. The van der Waals surface area contributed by atoms with Crippen LogP contribution in [0.15, 0.2) is 34.7 Å². The zero-order valence-electron chi connectivity index (χ0n) is 15.6. The van der Waals surface area contributed by atoms with Crippen molar-refractivity contribution in [3.05, 3.63) is 58.5 Å². The monoisotopic (exact) mass is 357 g/mol. The molecule has 1 aromatic heterocycles. The lowest BCUT2D eigenvalue weighted by atomic mass is 9.87. The predicted octanol–water partition coefficient (Wildman–Crippen LogP) is 3.31. The highest BCUT2D eigenvalue weighted by atomic mass is 16.5. The van der Waals surface area contributed by atoms with Gasteiger partial charge in [0, 0.05) is 5.56 Å². The summed E-state index contributed by atoms with van der Waals surface area (Å²) in [6, 6.07) is 8.56. The quantitative estimate of drug-likeness (QED) is 0.849. The number of nitrogens with one attached hydrogen (secondary N) is 1. The lowest BCUT2D eigenvalue weighted by molar-refractivity contribution is -0.123. The topological polar surface area (TPSA) is 85.6 Å². The lowest BCUT2D eigenvalue weighted by Gasteiger charge is -2.18. The van der Waals surface area contributed by atoms with Crippen molar-refractivity contribution in [3.63, 3.8) is 0 Å². The maximum absolute atomic E-state index is 12.1. The number of aryl methyl sites for hydroxylation is 2. The number of benzene rings is 1. The van der Waals surface area contributed by atoms with E-state index < -0.39 is 24.4 Å². The van der Waals surface area contributed by atoms with Crippen molar-refractivity contribution in [2.75, 3.05) is 6.61 Å². The summed E-state index contributed by atoms with van der Waals surface area (Å²) in [7, 11) is 0. The van der Waals surface area contributed by atoms with E-state index in [0.29, 0.717) is 17.1 Å². The van der Waals surface area contributed by atoms with Crippen LogP contribution in [0.25, 0.3) is 0 Å². The maximum Gasteiger partial charge on any atom is 0.342 e. The second-order valence-electron chi connectivity index (χ2n) is 7.11. The van der Waals surface area contributed by atoms with Crippen molar-refractivity contribution in [2.45, 2.75) is 40.0 Å². The summed E-state index contributed by atoms with van der Waals surface area (Å²) in [4.78, 5) is 35.9. The molecule has 6 nitrogen and oxygen atoms in total. The third kappa shape index (κ3) is 4.81. The van der Waals surface area contributed by atoms with Crippen LogP contribution in [-0.2, 0) is 14.9 Å². The highest BCUT2D eigenvalue weighted by Gasteiger charge is 2.18. The van der Waals surface area contributed by atoms with Crippen LogP contribution in [0.1, 0.15) is 58.6 Å². The standard InChI is InChI=1S/C20H23NO5/c1-12-10-16(13(2)26-12)19(24)25-11-17(22)21-18(23)14-6-8-15(9-7-14)20(3,4)5/h6-10H,11H2,1-5H3,(H,21,22,23). The highest BCUT2D eigenvalue weighted by Crippen LogP contribution is 2.22. The molecule has 0 bridgehead atoms. The molecule has 2 aromatic rings. The molecular weight excluding hydrogens is 334 g/mol. The molecule has 0 radical (unpaired) electrons. The average molecular weight is 357 g/mol. The smallest absolute Gasteiger partial charge is 0.342 e. The number of hydrogen-bond acceptors (Lipinski definition) is 5. The largest absolute Gasteiger partial charge is 0.466 e. The minimum atomic E-state index is -0.693. The SMILES string of the molecule is Cc1cc(C(=O)OCC(=O)NC(=O)c2ccc(C(C)(C)C)cc2)c(C)o1. The molecule has 0 aliphatic carbocycles. The molecule has 0 fully saturated rings. The number of esters is 1. The molecular formula is C20H23NO5. The van der Waals surface area contributed by atoms with Gasteiger partial charge in [0.1, 0.15) is 17.1 Å². The van der Waals surface area contributed by atoms with Crippen molar-refractivity contribution in [2.24, 2.45) is 0 Å². The summed E-state index contributed by atoms with van der Waals surface area (Å²) in [5.41, 5.74) is 1.68. The molecule has 0 unspecified atom stereocenters. The van der Waals surface area contributed by atoms with E-state index in [2.05, 4.69) is 26.1 Å². The number of carbonyl (C=O) groups excluding carboxylic acids is 3. The van der Waals surface area contributed by atoms with Crippen LogP contribution in [0.4, 0.5) is 0 Å². The Morgan fingerprint density at radius 3 is 2.19 bits per heavy atom. The zero-order chi connectivity index (χ0) is 19.5. The summed E-state index contributed by atoms with van der Waals surface area (Å²) >= 11 is 0. The van der Waals surface area contributed by atoms with Gasteiger partial charge in [0.05, 0.1) is 0 Å². The summed E-state index contributed by atoms with van der Waals surface area (Å²) < 4.78 is 10.2. The molecule has 138 valence electrons. The van der Waals surface area contributed by atoms with Gasteiger partial charge in [-0.05, 0) is 43.0 Å². The maximum atomic E-state index is 12.1. The summed E-state index contributed by atoms with van der Waals surface area (Å²) in [6.07, 6.45) is 0. The zero-order valence-corrected chi connectivity index (χ0v) is 15.6. The van der Waals surface area contributed by atoms with E-state index in [1.165, 1.54) is 6.07 Å². The Kier molecular flexibility index (Phi) is 5.65. The Labute approximate surface area is 152 Å². The van der Waals surface area contributed by atoms with Crippen LogP contribution in [0.5, 0.6) is 0 Å². The Bertz CT molecular complexity index is 825. The van der Waals surface area contributed by atoms with Crippen molar-refractivity contribution in [1.29, 1.82) is 0 Å². The average Bonchev–Trinajstić information content (AvgIpc) is 2.90. The molecule has 1 aromatic carbocycles. The fraction of sp³-hybridized carbons (Fsp3) is 0.350. The minimum Gasteiger partial charge on any atom is -0.466 e. The van der Waals surface area contributed by atoms with Gasteiger partial charge < -0.3 is 9.15 Å². The van der Waals surface area contributed by atoms with E-state index in [-0.39, 0.29) is 11.0 Å². The number of hydrogen-bond donors (Lipinski definition) is 1. The van der Waals surface area contributed by atoms with Crippen LogP contribution < -0.4 is 5.32 Å². The normalized spacial score (nSPS) is 11.1. The third-order valence-electron chi connectivity index (χ3n) is 3.86. The summed E-state index contributed by atoms with van der Waals surface area (Å²) in [6.45, 7) is 9.01. The Balaban J connectivity index is 1.90. The van der Waals surface area contributed by atoms with E-state index in [0.717, 1.165) is 5.56 Å². The number of rotatable bonds is 4. The lowest BCUT2D eigenvalue weighted by Crippen LogP contribution is -2.34. The van der Waals surface area contributed by atoms with Crippen LogP contribution in [0.2, 0.25) is 0 Å². The first kappa shape index (κ1) is 19.4. The van der Waals surface area contributed by atoms with Gasteiger partial charge in [-0.2, -0.15) is 0 Å². The molecule has 0 atom stereocenters. The Morgan fingerprint density at radius 1 is 1.08 bits per heavy atom. The van der Waals surface area contributed by atoms with E-state index in [1.807, 2.05) is 12.1 Å². The fourth-order valence-corrected chi connectivity index (χ4v) is 2.40. The number of ether oxygens (including phenoxy) is 1. The second-order valence-corrected chi connectivity index (χ2v) is 7.11. The van der Waals surface area contributed by atoms with E-state index in [9.17, 15) is 14.4 Å². The van der Waals surface area contributed by atoms with E-state index in [4.69, 9.17) is 9.15 Å². The molecule has 2 rings (SSSR count). The first-order chi connectivity index (χ1) is 12.1. The first-order valence-electron chi connectivity index (χ1n) is 8.27. The van der Waals surface area contributed by atoms with Gasteiger partial charge in [-0.25, -0.2) is 4.79 Å². The molecule has 0 aliphatic heterocycles. The first-order valence-corrected chi connectivity index (χ1v) is 8.27. The van der Waals surface area contributed by atoms with Gasteiger partial charge in [0.25, 0.3) is 11.8 Å². The summed E-state index contributed by atoms with van der Waals surface area (Å²) in [5, 5.41) is 2.20. The molecule has 1 N–H and O–H groups in total. The van der Waals surface area contributed by atoms with Gasteiger partial charge in [-0.3, -0.25) is 14.9 Å². The number of amides is 2. The highest BCUT2D eigenvalue weighted by molar-refractivity contribution is 6.05. The number of imide groups is 1. The molecule has 1 heterocycles. The van der Waals surface area contributed by atoms with E-state index >= 15 is 0 Å². The molecule has 2 amide bonds. The second kappa shape index (κ2) is 7.56. The van der Waals surface area contributed by atoms with Gasteiger partial charge in [-0.1, -0.05) is 32.9 Å². The van der Waals surface area contributed by atoms with Crippen molar-refractivity contribution in [1.82, 2.24) is 5.32 Å².